The van der Waals surface area contributed by atoms with Crippen LogP contribution in [0.3, 0.4) is 0 Å². The third-order valence-corrected chi connectivity index (χ3v) is 3.65. The summed E-state index contributed by atoms with van der Waals surface area (Å²) in [6.45, 7) is 0.687. The largest absolute Gasteiger partial charge is 0.465 e. The van der Waals surface area contributed by atoms with Crippen LogP contribution in [0, 0.1) is 11.6 Å². The predicted octanol–water partition coefficient (Wildman–Crippen LogP) is 4.10. The normalized spacial score (nSPS) is 17.7. The summed E-state index contributed by atoms with van der Waals surface area (Å²) in [7, 11) is 0. The molecule has 1 heterocycles. The average Bonchev–Trinajstić information content (AvgIpc) is 2.55. The maximum absolute atomic E-state index is 13.2. The topological polar surface area (TPSA) is 35.5 Å². The van der Waals surface area contributed by atoms with Gasteiger partial charge in [-0.15, -0.1) is 0 Å². The van der Waals surface area contributed by atoms with Gasteiger partial charge in [-0.05, 0) is 49.2 Å². The molecule has 1 fully saturated rings. The smallest absolute Gasteiger partial charge is 0.199 e. The minimum absolute atomic E-state index is 0.0215. The number of ketones is 1. The Morgan fingerprint density at radius 2 is 1.70 bits per heavy atom. The second-order valence-electron chi connectivity index (χ2n) is 5.43. The zero-order valence-electron chi connectivity index (χ0n) is 12.4. The van der Waals surface area contributed by atoms with Crippen LogP contribution >= 0.6 is 0 Å². The Hall–Kier alpha value is -2.27. The SMILES string of the molecule is O=C(c1ccc(OC2CCCCO2)cc1)c1cc(F)cc(F)c1. The number of rotatable bonds is 4. The zero-order valence-corrected chi connectivity index (χ0v) is 12.4. The molecule has 1 unspecified atom stereocenters. The Morgan fingerprint density at radius 3 is 2.30 bits per heavy atom. The lowest BCUT2D eigenvalue weighted by atomic mass is 10.0. The first-order valence-electron chi connectivity index (χ1n) is 7.51. The van der Waals surface area contributed by atoms with Gasteiger partial charge >= 0.3 is 0 Å². The van der Waals surface area contributed by atoms with Crippen LogP contribution in [0.5, 0.6) is 5.75 Å². The zero-order chi connectivity index (χ0) is 16.2. The predicted molar refractivity (Wildman–Crippen MR) is 80.5 cm³/mol. The molecule has 0 bridgehead atoms. The lowest BCUT2D eigenvalue weighted by Crippen LogP contribution is -2.24. The van der Waals surface area contributed by atoms with Crippen molar-refractivity contribution in [1.29, 1.82) is 0 Å². The molecule has 1 atom stereocenters. The lowest BCUT2D eigenvalue weighted by Gasteiger charge is -2.23. The van der Waals surface area contributed by atoms with Crippen LogP contribution in [-0.4, -0.2) is 18.7 Å². The van der Waals surface area contributed by atoms with E-state index < -0.39 is 17.4 Å². The van der Waals surface area contributed by atoms with E-state index in [1.54, 1.807) is 24.3 Å². The highest BCUT2D eigenvalue weighted by molar-refractivity contribution is 6.09. The van der Waals surface area contributed by atoms with Crippen LogP contribution in [0.4, 0.5) is 8.78 Å². The summed E-state index contributed by atoms with van der Waals surface area (Å²) in [5.74, 6) is -1.40. The van der Waals surface area contributed by atoms with Crippen molar-refractivity contribution >= 4 is 5.78 Å². The van der Waals surface area contributed by atoms with Crippen molar-refractivity contribution in [2.24, 2.45) is 0 Å². The maximum Gasteiger partial charge on any atom is 0.199 e. The minimum Gasteiger partial charge on any atom is -0.465 e. The van der Waals surface area contributed by atoms with Crippen LogP contribution in [0.2, 0.25) is 0 Å². The van der Waals surface area contributed by atoms with Gasteiger partial charge in [-0.3, -0.25) is 4.79 Å². The van der Waals surface area contributed by atoms with Gasteiger partial charge in [0.2, 0.25) is 0 Å². The summed E-state index contributed by atoms with van der Waals surface area (Å²) < 4.78 is 37.6. The fraction of sp³-hybridized carbons (Fsp3) is 0.278. The second-order valence-corrected chi connectivity index (χ2v) is 5.43. The Labute approximate surface area is 132 Å². The summed E-state index contributed by atoms with van der Waals surface area (Å²) in [5, 5.41) is 0. The Balaban J connectivity index is 1.72. The number of ether oxygens (including phenoxy) is 2. The van der Waals surface area contributed by atoms with Crippen molar-refractivity contribution < 1.29 is 23.0 Å². The molecular weight excluding hydrogens is 302 g/mol. The number of carbonyl (C=O) groups is 1. The molecule has 2 aromatic carbocycles. The van der Waals surface area contributed by atoms with E-state index in [9.17, 15) is 13.6 Å². The molecule has 1 saturated heterocycles. The molecule has 120 valence electrons. The lowest BCUT2D eigenvalue weighted by molar-refractivity contribution is -0.105. The Bertz CT molecular complexity index is 672. The number of benzene rings is 2. The number of carbonyl (C=O) groups excluding carboxylic acids is 1. The highest BCUT2D eigenvalue weighted by atomic mass is 19.1. The second kappa shape index (κ2) is 6.87. The molecular formula is C18H16F2O3. The van der Waals surface area contributed by atoms with Gasteiger partial charge in [-0.25, -0.2) is 8.78 Å². The molecule has 1 aliphatic rings. The first kappa shape index (κ1) is 15.6. The van der Waals surface area contributed by atoms with Crippen molar-refractivity contribution in [3.63, 3.8) is 0 Å². The molecule has 3 nitrogen and oxygen atoms in total. The van der Waals surface area contributed by atoms with E-state index in [0.717, 1.165) is 37.5 Å². The van der Waals surface area contributed by atoms with Crippen LogP contribution in [0.15, 0.2) is 42.5 Å². The van der Waals surface area contributed by atoms with Crippen LogP contribution in [0.1, 0.15) is 35.2 Å². The third kappa shape index (κ3) is 3.93. The van der Waals surface area contributed by atoms with Crippen LogP contribution in [-0.2, 0) is 4.74 Å². The average molecular weight is 318 g/mol. The molecule has 5 heteroatoms. The van der Waals surface area contributed by atoms with Gasteiger partial charge in [-0.2, -0.15) is 0 Å². The van der Waals surface area contributed by atoms with Gasteiger partial charge in [0.05, 0.1) is 6.61 Å². The number of hydrogen-bond acceptors (Lipinski definition) is 3. The first-order chi connectivity index (χ1) is 11.1. The van der Waals surface area contributed by atoms with E-state index in [4.69, 9.17) is 9.47 Å². The van der Waals surface area contributed by atoms with E-state index in [2.05, 4.69) is 0 Å². The summed E-state index contributed by atoms with van der Waals surface area (Å²) >= 11 is 0. The highest BCUT2D eigenvalue weighted by Crippen LogP contribution is 2.21. The number of hydrogen-bond donors (Lipinski definition) is 0. The Morgan fingerprint density at radius 1 is 1.00 bits per heavy atom. The molecule has 3 rings (SSSR count). The molecule has 1 aliphatic heterocycles. The maximum atomic E-state index is 13.2. The third-order valence-electron chi connectivity index (χ3n) is 3.65. The van der Waals surface area contributed by atoms with Crippen molar-refractivity contribution in [1.82, 2.24) is 0 Å². The van der Waals surface area contributed by atoms with Crippen molar-refractivity contribution in [2.45, 2.75) is 25.6 Å². The molecule has 23 heavy (non-hydrogen) atoms. The van der Waals surface area contributed by atoms with Gasteiger partial charge in [-0.1, -0.05) is 0 Å². The fourth-order valence-electron chi connectivity index (χ4n) is 2.49. The van der Waals surface area contributed by atoms with Gasteiger partial charge < -0.3 is 9.47 Å². The van der Waals surface area contributed by atoms with E-state index in [0.29, 0.717) is 17.9 Å². The van der Waals surface area contributed by atoms with Gasteiger partial charge in [0, 0.05) is 23.6 Å². The summed E-state index contributed by atoms with van der Waals surface area (Å²) in [4.78, 5) is 12.3. The summed E-state index contributed by atoms with van der Waals surface area (Å²) in [6.07, 6.45) is 2.68. The first-order valence-corrected chi connectivity index (χ1v) is 7.51. The highest BCUT2D eigenvalue weighted by Gasteiger charge is 2.16. The molecule has 0 aromatic heterocycles. The summed E-state index contributed by atoms with van der Waals surface area (Å²) in [5.41, 5.74) is 0.318. The standard InChI is InChI=1S/C18H16F2O3/c19-14-9-13(10-15(20)11-14)18(21)12-4-6-16(7-5-12)23-17-3-1-2-8-22-17/h4-7,9-11,17H,1-3,8H2. The van der Waals surface area contributed by atoms with Gasteiger partial charge in [0.25, 0.3) is 0 Å². The minimum atomic E-state index is -0.775. The van der Waals surface area contributed by atoms with Crippen molar-refractivity contribution in [3.8, 4) is 5.75 Å². The molecule has 0 aliphatic carbocycles. The van der Waals surface area contributed by atoms with Crippen molar-refractivity contribution in [3.05, 3.63) is 65.2 Å². The van der Waals surface area contributed by atoms with E-state index in [1.165, 1.54) is 0 Å². The quantitative estimate of drug-likeness (QED) is 0.796. The number of halogens is 2. The molecule has 0 radical (unpaired) electrons. The van der Waals surface area contributed by atoms with Gasteiger partial charge in [0.1, 0.15) is 17.4 Å². The summed E-state index contributed by atoms with van der Waals surface area (Å²) in [6, 6.07) is 9.23. The molecule has 0 N–H and O–H groups in total. The van der Waals surface area contributed by atoms with E-state index in [-0.39, 0.29) is 11.9 Å². The Kier molecular flexibility index (Phi) is 4.67. The van der Waals surface area contributed by atoms with Gasteiger partial charge in [0.15, 0.2) is 12.1 Å². The molecule has 0 spiro atoms. The molecule has 2 aromatic rings. The fourth-order valence-corrected chi connectivity index (χ4v) is 2.49. The van der Waals surface area contributed by atoms with Crippen LogP contribution < -0.4 is 4.74 Å². The molecule has 0 saturated carbocycles. The van der Waals surface area contributed by atoms with Crippen molar-refractivity contribution in [2.75, 3.05) is 6.61 Å². The van der Waals surface area contributed by atoms with E-state index >= 15 is 0 Å². The van der Waals surface area contributed by atoms with Crippen LogP contribution in [0.25, 0.3) is 0 Å². The molecule has 0 amide bonds. The monoisotopic (exact) mass is 318 g/mol. The van der Waals surface area contributed by atoms with E-state index in [1.807, 2.05) is 0 Å².